The maximum atomic E-state index is 12.9. The highest BCUT2D eigenvalue weighted by Crippen LogP contribution is 2.23. The molecule has 0 saturated carbocycles. The van der Waals surface area contributed by atoms with Crippen LogP contribution in [-0.4, -0.2) is 42.7 Å². The zero-order valence-corrected chi connectivity index (χ0v) is 13.2. The fraction of sp³-hybridized carbons (Fsp3) is 0.562. The molecule has 1 unspecified atom stereocenters. The minimum atomic E-state index is 0.186. The topological polar surface area (TPSA) is 32.3 Å². The molecule has 2 rings (SSSR count). The number of carbonyl (C=O) groups excluding carboxylic acids is 1. The monoisotopic (exact) mass is 292 g/mol. The van der Waals surface area contributed by atoms with E-state index in [2.05, 4.69) is 17.1 Å². The Morgan fingerprint density at radius 2 is 2.25 bits per heavy atom. The molecule has 1 N–H and O–H groups in total. The summed E-state index contributed by atoms with van der Waals surface area (Å²) in [6, 6.07) is 8.27. The van der Waals surface area contributed by atoms with Crippen molar-refractivity contribution >= 4 is 17.7 Å². The summed E-state index contributed by atoms with van der Waals surface area (Å²) in [5, 5.41) is 3.41. The van der Waals surface area contributed by atoms with Gasteiger partial charge >= 0.3 is 0 Å². The highest BCUT2D eigenvalue weighted by molar-refractivity contribution is 7.98. The molecule has 1 aliphatic heterocycles. The second-order valence-electron chi connectivity index (χ2n) is 5.20. The summed E-state index contributed by atoms with van der Waals surface area (Å²) in [7, 11) is 0. The third-order valence-corrected chi connectivity index (χ3v) is 4.57. The number of nitrogens with zero attached hydrogens (tertiary/aromatic N) is 1. The first-order valence-electron chi connectivity index (χ1n) is 7.42. The average Bonchev–Trinajstić information content (AvgIpc) is 2.52. The smallest absolute Gasteiger partial charge is 0.255 e. The quantitative estimate of drug-likeness (QED) is 0.847. The Hall–Kier alpha value is -1.00. The number of rotatable bonds is 5. The molecule has 20 heavy (non-hydrogen) atoms. The van der Waals surface area contributed by atoms with E-state index in [4.69, 9.17) is 0 Å². The van der Waals surface area contributed by atoms with Crippen molar-refractivity contribution in [3.8, 4) is 0 Å². The van der Waals surface area contributed by atoms with Crippen molar-refractivity contribution in [1.29, 1.82) is 0 Å². The SMILES string of the molecule is CCCN(C(=O)c1ccccc1SC)C1CCCNC1. The molecule has 0 aromatic heterocycles. The first kappa shape index (κ1) is 15.4. The minimum Gasteiger partial charge on any atom is -0.334 e. The third-order valence-electron chi connectivity index (χ3n) is 3.77. The summed E-state index contributed by atoms with van der Waals surface area (Å²) in [5.74, 6) is 0.186. The molecule has 1 heterocycles. The van der Waals surface area contributed by atoms with Crippen LogP contribution in [0.3, 0.4) is 0 Å². The Balaban J connectivity index is 2.21. The number of hydrogen-bond acceptors (Lipinski definition) is 3. The number of carbonyl (C=O) groups is 1. The highest BCUT2D eigenvalue weighted by Gasteiger charge is 2.26. The first-order chi connectivity index (χ1) is 9.77. The van der Waals surface area contributed by atoms with Crippen LogP contribution in [0, 0.1) is 0 Å². The largest absolute Gasteiger partial charge is 0.334 e. The van der Waals surface area contributed by atoms with Crippen LogP contribution in [-0.2, 0) is 0 Å². The van der Waals surface area contributed by atoms with Crippen LogP contribution < -0.4 is 5.32 Å². The third kappa shape index (κ3) is 3.55. The van der Waals surface area contributed by atoms with Gasteiger partial charge in [-0.3, -0.25) is 4.79 Å². The van der Waals surface area contributed by atoms with Crippen LogP contribution >= 0.6 is 11.8 Å². The maximum absolute atomic E-state index is 12.9. The lowest BCUT2D eigenvalue weighted by molar-refractivity contribution is 0.0645. The molecule has 1 aromatic rings. The zero-order chi connectivity index (χ0) is 14.4. The molecule has 0 bridgehead atoms. The number of amides is 1. The zero-order valence-electron chi connectivity index (χ0n) is 12.4. The number of benzene rings is 1. The number of thioether (sulfide) groups is 1. The van der Waals surface area contributed by atoms with Gasteiger partial charge in [-0.25, -0.2) is 0 Å². The van der Waals surface area contributed by atoms with Gasteiger partial charge in [-0.1, -0.05) is 19.1 Å². The van der Waals surface area contributed by atoms with Crippen molar-refractivity contribution in [2.75, 3.05) is 25.9 Å². The number of piperidine rings is 1. The van der Waals surface area contributed by atoms with Crippen molar-refractivity contribution in [2.24, 2.45) is 0 Å². The van der Waals surface area contributed by atoms with Crippen molar-refractivity contribution in [2.45, 2.75) is 37.1 Å². The Bertz CT molecular complexity index is 444. The van der Waals surface area contributed by atoms with Crippen LogP contribution in [0.15, 0.2) is 29.2 Å². The fourth-order valence-corrected chi connectivity index (χ4v) is 3.36. The Morgan fingerprint density at radius 1 is 1.45 bits per heavy atom. The number of hydrogen-bond donors (Lipinski definition) is 1. The summed E-state index contributed by atoms with van der Waals surface area (Å²) < 4.78 is 0. The van der Waals surface area contributed by atoms with Gasteiger partial charge in [-0.2, -0.15) is 0 Å². The summed E-state index contributed by atoms with van der Waals surface area (Å²) in [6.45, 7) is 4.98. The molecular formula is C16H24N2OS. The summed E-state index contributed by atoms with van der Waals surface area (Å²) >= 11 is 1.64. The summed E-state index contributed by atoms with van der Waals surface area (Å²) in [4.78, 5) is 16.0. The maximum Gasteiger partial charge on any atom is 0.255 e. The van der Waals surface area contributed by atoms with E-state index in [0.717, 1.165) is 49.4 Å². The van der Waals surface area contributed by atoms with Crippen LogP contribution in [0.4, 0.5) is 0 Å². The van der Waals surface area contributed by atoms with Crippen LogP contribution in [0.25, 0.3) is 0 Å². The second kappa shape index (κ2) is 7.70. The predicted molar refractivity (Wildman–Crippen MR) is 85.4 cm³/mol. The van der Waals surface area contributed by atoms with E-state index in [9.17, 15) is 4.79 Å². The molecule has 0 radical (unpaired) electrons. The molecule has 1 fully saturated rings. The Labute approximate surface area is 126 Å². The van der Waals surface area contributed by atoms with E-state index in [0.29, 0.717) is 6.04 Å². The summed E-state index contributed by atoms with van der Waals surface area (Å²) in [6.07, 6.45) is 5.30. The van der Waals surface area contributed by atoms with Gasteiger partial charge in [-0.05, 0) is 44.2 Å². The normalized spacial score (nSPS) is 18.8. The van der Waals surface area contributed by atoms with Gasteiger partial charge in [-0.15, -0.1) is 11.8 Å². The van der Waals surface area contributed by atoms with E-state index in [1.165, 1.54) is 0 Å². The standard InChI is InChI=1S/C16H24N2OS/c1-3-11-18(13-7-6-10-17-12-13)16(19)14-8-4-5-9-15(14)20-2/h4-5,8-9,13,17H,3,6-7,10-12H2,1-2H3. The van der Waals surface area contributed by atoms with Crippen molar-refractivity contribution in [1.82, 2.24) is 10.2 Å². The molecular weight excluding hydrogens is 268 g/mol. The highest BCUT2D eigenvalue weighted by atomic mass is 32.2. The number of nitrogens with one attached hydrogen (secondary N) is 1. The van der Waals surface area contributed by atoms with E-state index in [1.807, 2.05) is 30.5 Å². The Kier molecular flexibility index (Phi) is 5.92. The molecule has 1 atom stereocenters. The van der Waals surface area contributed by atoms with Gasteiger partial charge in [0.15, 0.2) is 0 Å². The van der Waals surface area contributed by atoms with E-state index < -0.39 is 0 Å². The predicted octanol–water partition coefficient (Wildman–Crippen LogP) is 3.01. The minimum absolute atomic E-state index is 0.186. The lowest BCUT2D eigenvalue weighted by Gasteiger charge is -2.35. The Morgan fingerprint density at radius 3 is 2.90 bits per heavy atom. The molecule has 0 aliphatic carbocycles. The molecule has 1 aromatic carbocycles. The first-order valence-corrected chi connectivity index (χ1v) is 8.65. The van der Waals surface area contributed by atoms with Crippen molar-refractivity contribution in [3.05, 3.63) is 29.8 Å². The van der Waals surface area contributed by atoms with Crippen LogP contribution in [0.5, 0.6) is 0 Å². The molecule has 1 amide bonds. The van der Waals surface area contributed by atoms with Gasteiger partial charge in [0, 0.05) is 24.0 Å². The van der Waals surface area contributed by atoms with Crippen molar-refractivity contribution in [3.63, 3.8) is 0 Å². The van der Waals surface area contributed by atoms with Gasteiger partial charge in [0.05, 0.1) is 5.56 Å². The fourth-order valence-electron chi connectivity index (χ4n) is 2.77. The summed E-state index contributed by atoms with van der Waals surface area (Å²) in [5.41, 5.74) is 0.846. The van der Waals surface area contributed by atoms with E-state index >= 15 is 0 Å². The molecule has 4 heteroatoms. The van der Waals surface area contributed by atoms with E-state index in [-0.39, 0.29) is 5.91 Å². The van der Waals surface area contributed by atoms with Gasteiger partial charge in [0.25, 0.3) is 5.91 Å². The van der Waals surface area contributed by atoms with Crippen molar-refractivity contribution < 1.29 is 4.79 Å². The molecule has 0 spiro atoms. The molecule has 3 nitrogen and oxygen atoms in total. The lowest BCUT2D eigenvalue weighted by Crippen LogP contribution is -2.49. The van der Waals surface area contributed by atoms with Crippen LogP contribution in [0.1, 0.15) is 36.5 Å². The van der Waals surface area contributed by atoms with Gasteiger partial charge in [0.2, 0.25) is 0 Å². The van der Waals surface area contributed by atoms with Crippen LogP contribution in [0.2, 0.25) is 0 Å². The average molecular weight is 292 g/mol. The lowest BCUT2D eigenvalue weighted by atomic mass is 10.0. The molecule has 1 aliphatic rings. The van der Waals surface area contributed by atoms with Gasteiger partial charge < -0.3 is 10.2 Å². The molecule has 1 saturated heterocycles. The second-order valence-corrected chi connectivity index (χ2v) is 6.05. The van der Waals surface area contributed by atoms with E-state index in [1.54, 1.807) is 11.8 Å². The molecule has 110 valence electrons. The van der Waals surface area contributed by atoms with Gasteiger partial charge in [0.1, 0.15) is 0 Å².